The van der Waals surface area contributed by atoms with Gasteiger partial charge in [-0.05, 0) is 36.8 Å². The first-order valence-corrected chi connectivity index (χ1v) is 10.3. The molecule has 0 saturated carbocycles. The Morgan fingerprint density at radius 3 is 2.61 bits per heavy atom. The van der Waals surface area contributed by atoms with E-state index in [0.29, 0.717) is 31.1 Å². The summed E-state index contributed by atoms with van der Waals surface area (Å²) >= 11 is 1.56. The van der Waals surface area contributed by atoms with Crippen molar-refractivity contribution < 1.29 is 9.53 Å². The van der Waals surface area contributed by atoms with Crippen LogP contribution in [0.25, 0.3) is 0 Å². The molecule has 2 aromatic rings. The van der Waals surface area contributed by atoms with Crippen LogP contribution in [0.15, 0.2) is 65.2 Å². The number of carbonyl (C=O) groups excluding carboxylic acids is 1. The Morgan fingerprint density at radius 2 is 1.93 bits per heavy atom. The van der Waals surface area contributed by atoms with Crippen LogP contribution in [0.5, 0.6) is 5.75 Å². The first-order chi connectivity index (χ1) is 13.7. The minimum Gasteiger partial charge on any atom is -0.494 e. The molecule has 2 aliphatic heterocycles. The monoisotopic (exact) mass is 391 g/mol. The molecule has 0 aliphatic carbocycles. The summed E-state index contributed by atoms with van der Waals surface area (Å²) < 4.78 is 5.50. The van der Waals surface area contributed by atoms with Gasteiger partial charge in [0.15, 0.2) is 0 Å². The number of benzene rings is 2. The number of para-hydroxylation sites is 1. The maximum Gasteiger partial charge on any atom is 0.229 e. The number of nitrogens with zero attached hydrogens (tertiary/aromatic N) is 3. The Hall–Kier alpha value is -2.91. The predicted octanol–water partition coefficient (Wildman–Crippen LogP) is 4.30. The molecule has 1 saturated heterocycles. The zero-order valence-electron chi connectivity index (χ0n) is 15.7. The maximum atomic E-state index is 12.9. The number of ether oxygens (including phenoxy) is 1. The van der Waals surface area contributed by atoms with E-state index >= 15 is 0 Å². The standard InChI is InChI=1S/C22H21N3O2S/c1-2-27-18-10-8-16(9-11-18)19-12-21(26)25-14-24(17-6-4-3-5-7-17)15-28-22(25)20(19)13-23/h3-11,19H,2,12,14-15H2,1H3/t19-/m1/s1. The number of amides is 1. The van der Waals surface area contributed by atoms with Crippen LogP contribution in [0.1, 0.15) is 24.8 Å². The molecule has 2 aromatic carbocycles. The normalized spacial score (nSPS) is 19.3. The van der Waals surface area contributed by atoms with Crippen molar-refractivity contribution in [1.82, 2.24) is 4.90 Å². The number of fused-ring (bicyclic) bond motifs is 1. The smallest absolute Gasteiger partial charge is 0.229 e. The van der Waals surface area contributed by atoms with E-state index < -0.39 is 0 Å². The fourth-order valence-corrected chi connectivity index (χ4v) is 4.78. The first kappa shape index (κ1) is 18.5. The SMILES string of the molecule is CCOc1ccc([C@H]2CC(=O)N3CN(c4ccccc4)CSC3=C2C#N)cc1. The van der Waals surface area contributed by atoms with Gasteiger partial charge in [-0.1, -0.05) is 42.1 Å². The van der Waals surface area contributed by atoms with E-state index in [1.54, 1.807) is 16.7 Å². The predicted molar refractivity (Wildman–Crippen MR) is 111 cm³/mol. The summed E-state index contributed by atoms with van der Waals surface area (Å²) in [5.41, 5.74) is 2.74. The van der Waals surface area contributed by atoms with Crippen molar-refractivity contribution in [3.63, 3.8) is 0 Å². The highest BCUT2D eigenvalue weighted by atomic mass is 32.2. The Balaban J connectivity index is 1.62. The molecular formula is C22H21N3O2S. The molecule has 0 spiro atoms. The average Bonchev–Trinajstić information content (AvgIpc) is 2.75. The number of nitriles is 1. The van der Waals surface area contributed by atoms with Gasteiger partial charge in [-0.25, -0.2) is 0 Å². The number of thioether (sulfide) groups is 1. The molecule has 1 atom stereocenters. The summed E-state index contributed by atoms with van der Waals surface area (Å²) in [6.07, 6.45) is 0.309. The van der Waals surface area contributed by atoms with Crippen molar-refractivity contribution in [2.45, 2.75) is 19.3 Å². The van der Waals surface area contributed by atoms with Crippen molar-refractivity contribution in [2.24, 2.45) is 0 Å². The van der Waals surface area contributed by atoms with Gasteiger partial charge in [0.25, 0.3) is 0 Å². The van der Waals surface area contributed by atoms with Gasteiger partial charge in [-0.15, -0.1) is 0 Å². The maximum absolute atomic E-state index is 12.9. The number of allylic oxidation sites excluding steroid dienone is 1. The Kier molecular flexibility index (Phi) is 5.27. The van der Waals surface area contributed by atoms with Gasteiger partial charge in [0.1, 0.15) is 5.75 Å². The van der Waals surface area contributed by atoms with E-state index in [9.17, 15) is 10.1 Å². The second-order valence-electron chi connectivity index (χ2n) is 6.70. The van der Waals surface area contributed by atoms with Crippen LogP contribution in [-0.4, -0.2) is 30.0 Å². The van der Waals surface area contributed by atoms with Crippen molar-refractivity contribution in [2.75, 3.05) is 24.1 Å². The van der Waals surface area contributed by atoms with Crippen LogP contribution in [0.3, 0.4) is 0 Å². The van der Waals surface area contributed by atoms with Gasteiger partial charge in [0.2, 0.25) is 5.91 Å². The molecule has 2 aliphatic rings. The van der Waals surface area contributed by atoms with Crippen LogP contribution in [0, 0.1) is 11.3 Å². The highest BCUT2D eigenvalue weighted by Crippen LogP contribution is 2.43. The molecule has 0 aromatic heterocycles. The fourth-order valence-electron chi connectivity index (χ4n) is 3.61. The van der Waals surface area contributed by atoms with Crippen LogP contribution in [0.4, 0.5) is 5.69 Å². The molecule has 1 fully saturated rings. The second kappa shape index (κ2) is 7.99. The summed E-state index contributed by atoms with van der Waals surface area (Å²) in [5.74, 6) is 1.37. The summed E-state index contributed by atoms with van der Waals surface area (Å²) in [6, 6.07) is 20.1. The number of rotatable bonds is 4. The zero-order chi connectivity index (χ0) is 19.5. The van der Waals surface area contributed by atoms with Crippen molar-refractivity contribution in [3.05, 3.63) is 70.8 Å². The molecule has 0 N–H and O–H groups in total. The molecule has 142 valence electrons. The molecular weight excluding hydrogens is 370 g/mol. The van der Waals surface area contributed by atoms with Gasteiger partial charge >= 0.3 is 0 Å². The van der Waals surface area contributed by atoms with Gasteiger partial charge in [-0.3, -0.25) is 9.69 Å². The van der Waals surface area contributed by atoms with Crippen LogP contribution in [0.2, 0.25) is 0 Å². The lowest BCUT2D eigenvalue weighted by molar-refractivity contribution is -0.129. The van der Waals surface area contributed by atoms with Crippen molar-refractivity contribution in [3.8, 4) is 11.8 Å². The quantitative estimate of drug-likeness (QED) is 0.778. The van der Waals surface area contributed by atoms with E-state index in [4.69, 9.17) is 4.74 Å². The van der Waals surface area contributed by atoms with Crippen LogP contribution in [-0.2, 0) is 4.79 Å². The first-order valence-electron chi connectivity index (χ1n) is 9.31. The highest BCUT2D eigenvalue weighted by Gasteiger charge is 2.38. The Bertz CT molecular complexity index is 935. The molecule has 6 heteroatoms. The largest absolute Gasteiger partial charge is 0.494 e. The Labute approximate surface area is 169 Å². The molecule has 28 heavy (non-hydrogen) atoms. The summed E-state index contributed by atoms with van der Waals surface area (Å²) in [6.45, 7) is 3.03. The third kappa shape index (κ3) is 3.46. The third-order valence-corrected chi connectivity index (χ3v) is 6.16. The number of anilines is 1. The number of hydrogen-bond acceptors (Lipinski definition) is 5. The third-order valence-electron chi connectivity index (χ3n) is 5.01. The average molecular weight is 391 g/mol. The van der Waals surface area contributed by atoms with Gasteiger partial charge in [-0.2, -0.15) is 5.26 Å². The van der Waals surface area contributed by atoms with E-state index in [1.807, 2.05) is 61.5 Å². The Morgan fingerprint density at radius 1 is 1.18 bits per heavy atom. The molecule has 1 amide bonds. The van der Waals surface area contributed by atoms with E-state index in [1.165, 1.54) is 0 Å². The molecule has 5 nitrogen and oxygen atoms in total. The minimum absolute atomic E-state index is 0.0565. The summed E-state index contributed by atoms with van der Waals surface area (Å²) in [5, 5.41) is 10.7. The molecule has 0 unspecified atom stereocenters. The van der Waals surface area contributed by atoms with Gasteiger partial charge in [0, 0.05) is 18.0 Å². The zero-order valence-corrected chi connectivity index (χ0v) is 16.5. The lowest BCUT2D eigenvalue weighted by atomic mass is 9.86. The minimum atomic E-state index is -0.199. The number of carbonyl (C=O) groups is 1. The molecule has 4 rings (SSSR count). The highest BCUT2D eigenvalue weighted by molar-refractivity contribution is 8.03. The summed E-state index contributed by atoms with van der Waals surface area (Å²) in [7, 11) is 0. The molecule has 0 radical (unpaired) electrons. The van der Waals surface area contributed by atoms with Crippen molar-refractivity contribution >= 4 is 23.4 Å². The fraction of sp³-hybridized carbons (Fsp3) is 0.273. The molecule has 2 heterocycles. The lowest BCUT2D eigenvalue weighted by Crippen LogP contribution is -2.47. The van der Waals surface area contributed by atoms with Crippen LogP contribution >= 0.6 is 11.8 Å². The van der Waals surface area contributed by atoms with Gasteiger partial charge in [0.05, 0.1) is 35.8 Å². The van der Waals surface area contributed by atoms with Gasteiger partial charge < -0.3 is 9.64 Å². The molecule has 0 bridgehead atoms. The van der Waals surface area contributed by atoms with E-state index in [2.05, 4.69) is 11.0 Å². The van der Waals surface area contributed by atoms with E-state index in [0.717, 1.165) is 22.0 Å². The van der Waals surface area contributed by atoms with Crippen LogP contribution < -0.4 is 9.64 Å². The lowest BCUT2D eigenvalue weighted by Gasteiger charge is -2.42. The van der Waals surface area contributed by atoms with Crippen molar-refractivity contribution in [1.29, 1.82) is 5.26 Å². The van der Waals surface area contributed by atoms with E-state index in [-0.39, 0.29) is 11.8 Å². The topological polar surface area (TPSA) is 56.6 Å². The number of hydrogen-bond donors (Lipinski definition) is 0. The second-order valence-corrected chi connectivity index (χ2v) is 7.63. The summed E-state index contributed by atoms with van der Waals surface area (Å²) in [4.78, 5) is 16.8.